The average molecular weight is 632 g/mol. The molecule has 0 aliphatic heterocycles. The van der Waals surface area contributed by atoms with Gasteiger partial charge < -0.3 is 19.9 Å². The minimum atomic E-state index is -0.351. The Morgan fingerprint density at radius 3 is 2.68 bits per heavy atom. The van der Waals surface area contributed by atoms with Gasteiger partial charge in [-0.2, -0.15) is 5.10 Å². The first-order valence-corrected chi connectivity index (χ1v) is 16.2. The number of hydrogen-bond donors (Lipinski definition) is 3. The Kier molecular flexibility index (Phi) is 8.67. The van der Waals surface area contributed by atoms with Crippen molar-refractivity contribution >= 4 is 33.5 Å². The number of carbonyl (C=O) groups excluding carboxylic acids is 1. The zero-order valence-electron chi connectivity index (χ0n) is 26.6. The van der Waals surface area contributed by atoms with E-state index in [0.717, 1.165) is 69.3 Å². The Bertz CT molecular complexity index is 2040. The fraction of sp³-hybridized carbons (Fsp3) is 0.297. The minimum absolute atomic E-state index is 0.0334. The predicted molar refractivity (Wildman–Crippen MR) is 184 cm³/mol. The van der Waals surface area contributed by atoms with Crippen LogP contribution in [0.5, 0.6) is 5.75 Å². The van der Waals surface area contributed by atoms with Crippen LogP contribution < -0.4 is 10.1 Å². The maximum atomic E-state index is 14.7. The van der Waals surface area contributed by atoms with E-state index >= 15 is 0 Å². The van der Waals surface area contributed by atoms with Gasteiger partial charge in [-0.25, -0.2) is 9.37 Å². The van der Waals surface area contributed by atoms with E-state index in [2.05, 4.69) is 30.5 Å². The number of rotatable bonds is 10. The molecular weight excluding hydrogens is 593 g/mol. The maximum Gasteiger partial charge on any atom is 0.224 e. The number of carbonyl (C=O) groups is 1. The molecule has 1 saturated carbocycles. The summed E-state index contributed by atoms with van der Waals surface area (Å²) < 4.78 is 20.6. The summed E-state index contributed by atoms with van der Waals surface area (Å²) in [5, 5.41) is 12.4. The second kappa shape index (κ2) is 13.3. The van der Waals surface area contributed by atoms with E-state index in [1.807, 2.05) is 61.5 Å². The van der Waals surface area contributed by atoms with Gasteiger partial charge in [-0.3, -0.25) is 14.9 Å². The molecule has 0 atom stereocenters. The van der Waals surface area contributed by atoms with E-state index < -0.39 is 0 Å². The van der Waals surface area contributed by atoms with Gasteiger partial charge in [0.1, 0.15) is 18.2 Å². The Hall–Kier alpha value is -5.09. The number of anilines is 1. The summed E-state index contributed by atoms with van der Waals surface area (Å²) in [4.78, 5) is 27.3. The fourth-order valence-corrected chi connectivity index (χ4v) is 6.48. The van der Waals surface area contributed by atoms with Crippen molar-refractivity contribution in [1.29, 1.82) is 0 Å². The van der Waals surface area contributed by atoms with E-state index in [1.54, 1.807) is 18.6 Å². The third kappa shape index (κ3) is 6.88. The molecule has 9 nitrogen and oxygen atoms in total. The minimum Gasteiger partial charge on any atom is -0.492 e. The topological polar surface area (TPSA) is 112 Å². The molecule has 0 unspecified atom stereocenters. The highest BCUT2D eigenvalue weighted by atomic mass is 19.1. The number of aromatic amines is 2. The average Bonchev–Trinajstić information content (AvgIpc) is 3.69. The molecule has 0 saturated heterocycles. The van der Waals surface area contributed by atoms with Crippen LogP contribution in [0.3, 0.4) is 0 Å². The molecule has 4 aromatic heterocycles. The largest absolute Gasteiger partial charge is 0.492 e. The number of pyridine rings is 2. The first-order chi connectivity index (χ1) is 22.9. The zero-order valence-corrected chi connectivity index (χ0v) is 26.6. The molecule has 240 valence electrons. The fourth-order valence-electron chi connectivity index (χ4n) is 6.48. The summed E-state index contributed by atoms with van der Waals surface area (Å²) in [6.07, 6.45) is 11.7. The quantitative estimate of drug-likeness (QED) is 0.142. The van der Waals surface area contributed by atoms with Gasteiger partial charge in [-0.15, -0.1) is 0 Å². The first-order valence-electron chi connectivity index (χ1n) is 16.2. The van der Waals surface area contributed by atoms with Crippen LogP contribution in [0.1, 0.15) is 38.5 Å². The van der Waals surface area contributed by atoms with Crippen LogP contribution in [-0.2, 0) is 4.79 Å². The smallest absolute Gasteiger partial charge is 0.224 e. The second-order valence-corrected chi connectivity index (χ2v) is 12.7. The lowest BCUT2D eigenvalue weighted by Crippen LogP contribution is -2.19. The van der Waals surface area contributed by atoms with Gasteiger partial charge in [0.05, 0.1) is 23.3 Å². The monoisotopic (exact) mass is 631 g/mol. The van der Waals surface area contributed by atoms with Crippen LogP contribution in [0, 0.1) is 11.7 Å². The number of likely N-dealkylation sites (N-methyl/N-ethyl adjacent to an activating group) is 1. The number of fused-ring (bicyclic) bond motifs is 2. The van der Waals surface area contributed by atoms with Gasteiger partial charge in [0, 0.05) is 58.8 Å². The lowest BCUT2D eigenvalue weighted by atomic mass is 9.87. The summed E-state index contributed by atoms with van der Waals surface area (Å²) in [7, 11) is 3.94. The molecule has 10 heteroatoms. The number of aromatic nitrogens is 5. The van der Waals surface area contributed by atoms with Crippen LogP contribution in [0.25, 0.3) is 55.6 Å². The van der Waals surface area contributed by atoms with Crippen LogP contribution >= 0.6 is 0 Å². The molecular formula is C37H38FN7O2. The summed E-state index contributed by atoms with van der Waals surface area (Å²) in [6.45, 7) is 1.20. The van der Waals surface area contributed by atoms with E-state index in [4.69, 9.17) is 4.74 Å². The van der Waals surface area contributed by atoms with Crippen molar-refractivity contribution in [3.05, 3.63) is 79.0 Å². The molecule has 1 aliphatic carbocycles. The molecule has 7 rings (SSSR count). The summed E-state index contributed by atoms with van der Waals surface area (Å²) in [6, 6.07) is 16.8. The number of hydrogen-bond acceptors (Lipinski definition) is 6. The Balaban J connectivity index is 1.16. The van der Waals surface area contributed by atoms with Gasteiger partial charge in [0.15, 0.2) is 5.65 Å². The van der Waals surface area contributed by atoms with Crippen molar-refractivity contribution < 1.29 is 13.9 Å². The molecule has 0 spiro atoms. The van der Waals surface area contributed by atoms with Gasteiger partial charge in [0.25, 0.3) is 0 Å². The third-order valence-electron chi connectivity index (χ3n) is 8.89. The molecule has 3 N–H and O–H groups in total. The van der Waals surface area contributed by atoms with Crippen molar-refractivity contribution in [2.45, 2.75) is 38.5 Å². The van der Waals surface area contributed by atoms with E-state index in [1.165, 1.54) is 31.4 Å². The summed E-state index contributed by atoms with van der Waals surface area (Å²) in [5.41, 5.74) is 7.09. The van der Waals surface area contributed by atoms with Crippen molar-refractivity contribution in [1.82, 2.24) is 30.0 Å². The number of H-pyrrole nitrogens is 2. The van der Waals surface area contributed by atoms with Crippen molar-refractivity contribution in [3.8, 4) is 39.4 Å². The molecule has 0 radical (unpaired) electrons. The van der Waals surface area contributed by atoms with E-state index in [-0.39, 0.29) is 11.7 Å². The Morgan fingerprint density at radius 2 is 1.83 bits per heavy atom. The molecule has 2 aromatic carbocycles. The molecule has 1 amide bonds. The standard InChI is InChI=1S/C37H38FN7O2/c1-45(2)11-12-47-29-16-24(14-27(38)18-29)30-9-6-10-33-31(30)19-34(42-33)36-32-17-26(21-40-37(32)44-43-36)25-15-28(22-39-20-25)41-35(46)13-23-7-4-3-5-8-23/h6,9-10,14-23,42H,3-5,7-8,11-13H2,1-2H3,(H,41,46)(H,40,43,44). The lowest BCUT2D eigenvalue weighted by Gasteiger charge is -2.20. The zero-order chi connectivity index (χ0) is 32.3. The van der Waals surface area contributed by atoms with Crippen molar-refractivity contribution in [2.75, 3.05) is 32.6 Å². The number of amides is 1. The highest BCUT2D eigenvalue weighted by Crippen LogP contribution is 2.36. The van der Waals surface area contributed by atoms with Crippen molar-refractivity contribution in [2.24, 2.45) is 5.92 Å². The first kappa shape index (κ1) is 30.6. The van der Waals surface area contributed by atoms with Gasteiger partial charge >= 0.3 is 0 Å². The number of nitrogens with zero attached hydrogens (tertiary/aromatic N) is 4. The SMILES string of the molecule is CN(C)CCOc1cc(F)cc(-c2cccc3[nH]c(-c4[nH]nc5ncc(-c6cncc(NC(=O)CC7CCCCC7)c6)cc45)cc23)c1. The number of halogens is 1. The number of ether oxygens (including phenoxy) is 1. The normalized spacial score (nSPS) is 13.9. The molecule has 1 fully saturated rings. The summed E-state index contributed by atoms with van der Waals surface area (Å²) >= 11 is 0. The van der Waals surface area contributed by atoms with Gasteiger partial charge in [-0.05, 0) is 80.4 Å². The molecule has 6 aromatic rings. The van der Waals surface area contributed by atoms with Crippen LogP contribution in [0.15, 0.2) is 73.2 Å². The van der Waals surface area contributed by atoms with Gasteiger partial charge in [-0.1, -0.05) is 31.4 Å². The maximum absolute atomic E-state index is 14.7. The Morgan fingerprint density at radius 1 is 0.979 bits per heavy atom. The highest BCUT2D eigenvalue weighted by molar-refractivity contribution is 6.01. The molecule has 1 aliphatic rings. The molecule has 0 bridgehead atoms. The third-order valence-corrected chi connectivity index (χ3v) is 8.89. The molecule has 47 heavy (non-hydrogen) atoms. The van der Waals surface area contributed by atoms with Crippen LogP contribution in [0.4, 0.5) is 10.1 Å². The predicted octanol–water partition coefficient (Wildman–Crippen LogP) is 7.82. The summed E-state index contributed by atoms with van der Waals surface area (Å²) in [5.74, 6) is 0.641. The second-order valence-electron chi connectivity index (χ2n) is 12.7. The van der Waals surface area contributed by atoms with Crippen LogP contribution in [-0.4, -0.2) is 63.2 Å². The van der Waals surface area contributed by atoms with Crippen molar-refractivity contribution in [3.63, 3.8) is 0 Å². The van der Waals surface area contributed by atoms with Crippen LogP contribution in [0.2, 0.25) is 0 Å². The van der Waals surface area contributed by atoms with Gasteiger partial charge in [0.2, 0.25) is 5.91 Å². The number of benzene rings is 2. The van der Waals surface area contributed by atoms with E-state index in [9.17, 15) is 9.18 Å². The Labute approximate surface area is 272 Å². The number of nitrogens with one attached hydrogen (secondary N) is 3. The van der Waals surface area contributed by atoms with E-state index in [0.29, 0.717) is 36.0 Å². The highest BCUT2D eigenvalue weighted by Gasteiger charge is 2.18. The molecule has 4 heterocycles. The lowest BCUT2D eigenvalue weighted by molar-refractivity contribution is -0.117.